The number of carboxylic acid groups (broad SMARTS) is 1. The Hall–Kier alpha value is -2.03. The standard InChI is InChI=1S/C13H12O3/c1-7-5-12(14)8(2)10-4-3-9(13(15)16)6-11(7)10/h3-6,14H,1-2H3,(H,15,16). The SMILES string of the molecule is Cc1cc(O)c(C)c2ccc(C(=O)O)cc12. The largest absolute Gasteiger partial charge is 0.508 e. The summed E-state index contributed by atoms with van der Waals surface area (Å²) in [5, 5.41) is 20.3. The lowest BCUT2D eigenvalue weighted by molar-refractivity contribution is 0.0697. The number of phenols is 1. The van der Waals surface area contributed by atoms with E-state index in [0.717, 1.165) is 21.9 Å². The average molecular weight is 216 g/mol. The maximum Gasteiger partial charge on any atom is 0.335 e. The first kappa shape index (κ1) is 10.5. The van der Waals surface area contributed by atoms with Crippen molar-refractivity contribution in [3.05, 3.63) is 41.0 Å². The topological polar surface area (TPSA) is 57.5 Å². The molecule has 2 rings (SSSR count). The quantitative estimate of drug-likeness (QED) is 0.770. The van der Waals surface area contributed by atoms with Crippen LogP contribution in [0.3, 0.4) is 0 Å². The van der Waals surface area contributed by atoms with Crippen LogP contribution in [0.4, 0.5) is 0 Å². The molecule has 3 heteroatoms. The molecule has 0 radical (unpaired) electrons. The second-order valence-corrected chi connectivity index (χ2v) is 3.90. The van der Waals surface area contributed by atoms with Crippen molar-refractivity contribution >= 4 is 16.7 Å². The zero-order valence-electron chi connectivity index (χ0n) is 9.11. The number of aromatic hydroxyl groups is 1. The number of phenolic OH excluding ortho intramolecular Hbond substituents is 1. The highest BCUT2D eigenvalue weighted by atomic mass is 16.4. The van der Waals surface area contributed by atoms with Crippen LogP contribution in [0.2, 0.25) is 0 Å². The lowest BCUT2D eigenvalue weighted by atomic mass is 9.98. The van der Waals surface area contributed by atoms with Crippen molar-refractivity contribution in [1.82, 2.24) is 0 Å². The second kappa shape index (κ2) is 3.52. The van der Waals surface area contributed by atoms with Crippen molar-refractivity contribution < 1.29 is 15.0 Å². The zero-order chi connectivity index (χ0) is 11.9. The predicted octanol–water partition coefficient (Wildman–Crippen LogP) is 2.86. The molecule has 2 N–H and O–H groups in total. The lowest BCUT2D eigenvalue weighted by Crippen LogP contribution is -1.96. The monoisotopic (exact) mass is 216 g/mol. The Morgan fingerprint density at radius 2 is 1.81 bits per heavy atom. The van der Waals surface area contributed by atoms with Gasteiger partial charge in [-0.15, -0.1) is 0 Å². The molecule has 0 amide bonds. The van der Waals surface area contributed by atoms with Gasteiger partial charge in [0, 0.05) is 0 Å². The maximum absolute atomic E-state index is 10.9. The smallest absolute Gasteiger partial charge is 0.335 e. The van der Waals surface area contributed by atoms with Crippen LogP contribution < -0.4 is 0 Å². The summed E-state index contributed by atoms with van der Waals surface area (Å²) >= 11 is 0. The number of hydrogen-bond acceptors (Lipinski definition) is 2. The van der Waals surface area contributed by atoms with Crippen LogP contribution in [0.15, 0.2) is 24.3 Å². The van der Waals surface area contributed by atoms with Crippen LogP contribution in [0.25, 0.3) is 10.8 Å². The summed E-state index contributed by atoms with van der Waals surface area (Å²) < 4.78 is 0. The fourth-order valence-electron chi connectivity index (χ4n) is 1.86. The minimum atomic E-state index is -0.938. The van der Waals surface area contributed by atoms with Gasteiger partial charge in [-0.1, -0.05) is 6.07 Å². The summed E-state index contributed by atoms with van der Waals surface area (Å²) in [5.41, 5.74) is 1.92. The van der Waals surface area contributed by atoms with E-state index in [1.807, 2.05) is 13.8 Å². The molecule has 0 saturated carbocycles. The van der Waals surface area contributed by atoms with Gasteiger partial charge < -0.3 is 10.2 Å². The number of carbonyl (C=O) groups is 1. The van der Waals surface area contributed by atoms with Crippen LogP contribution in [0.1, 0.15) is 21.5 Å². The minimum absolute atomic E-state index is 0.244. The molecule has 0 bridgehead atoms. The lowest BCUT2D eigenvalue weighted by Gasteiger charge is -2.08. The van der Waals surface area contributed by atoms with Gasteiger partial charge in [0.2, 0.25) is 0 Å². The Kier molecular flexibility index (Phi) is 2.31. The molecule has 2 aromatic rings. The number of fused-ring (bicyclic) bond motifs is 1. The number of aromatic carboxylic acids is 1. The molecule has 2 aromatic carbocycles. The summed E-state index contributed by atoms with van der Waals surface area (Å²) in [5.74, 6) is -0.694. The fourth-order valence-corrected chi connectivity index (χ4v) is 1.86. The Morgan fingerprint density at radius 3 is 2.44 bits per heavy atom. The third kappa shape index (κ3) is 1.50. The van der Waals surface area contributed by atoms with E-state index in [4.69, 9.17) is 5.11 Å². The van der Waals surface area contributed by atoms with E-state index >= 15 is 0 Å². The van der Waals surface area contributed by atoms with Crippen molar-refractivity contribution in [2.75, 3.05) is 0 Å². The molecular weight excluding hydrogens is 204 g/mol. The van der Waals surface area contributed by atoms with E-state index in [9.17, 15) is 9.90 Å². The van der Waals surface area contributed by atoms with Gasteiger partial charge in [-0.05, 0) is 53.9 Å². The number of hydrogen-bond donors (Lipinski definition) is 2. The molecule has 0 spiro atoms. The molecule has 0 aromatic heterocycles. The molecule has 0 fully saturated rings. The van der Waals surface area contributed by atoms with Gasteiger partial charge in [0.25, 0.3) is 0 Å². The van der Waals surface area contributed by atoms with Crippen molar-refractivity contribution in [3.8, 4) is 5.75 Å². The summed E-state index contributed by atoms with van der Waals surface area (Å²) in [6.45, 7) is 3.67. The second-order valence-electron chi connectivity index (χ2n) is 3.90. The predicted molar refractivity (Wildman–Crippen MR) is 62.0 cm³/mol. The Bertz CT molecular complexity index is 585. The summed E-state index contributed by atoms with van der Waals surface area (Å²) in [6.07, 6.45) is 0. The summed E-state index contributed by atoms with van der Waals surface area (Å²) in [4.78, 5) is 10.9. The zero-order valence-corrected chi connectivity index (χ0v) is 9.11. The van der Waals surface area contributed by atoms with Crippen LogP contribution in [-0.2, 0) is 0 Å². The first-order valence-electron chi connectivity index (χ1n) is 4.97. The molecule has 0 unspecified atom stereocenters. The van der Waals surface area contributed by atoms with E-state index in [1.165, 1.54) is 0 Å². The van der Waals surface area contributed by atoms with Crippen LogP contribution in [0, 0.1) is 13.8 Å². The Morgan fingerprint density at radius 1 is 1.12 bits per heavy atom. The van der Waals surface area contributed by atoms with Gasteiger partial charge in [0.05, 0.1) is 5.56 Å². The highest BCUT2D eigenvalue weighted by molar-refractivity contribution is 5.97. The van der Waals surface area contributed by atoms with Crippen LogP contribution >= 0.6 is 0 Å². The van der Waals surface area contributed by atoms with E-state index < -0.39 is 5.97 Å². The molecule has 0 atom stereocenters. The first-order valence-corrected chi connectivity index (χ1v) is 4.97. The van der Waals surface area contributed by atoms with E-state index in [0.29, 0.717) is 0 Å². The van der Waals surface area contributed by atoms with E-state index in [2.05, 4.69) is 0 Å². The molecular formula is C13H12O3. The minimum Gasteiger partial charge on any atom is -0.508 e. The van der Waals surface area contributed by atoms with Crippen molar-refractivity contribution in [1.29, 1.82) is 0 Å². The molecule has 0 heterocycles. The normalized spacial score (nSPS) is 10.6. The highest BCUT2D eigenvalue weighted by Crippen LogP contribution is 2.30. The number of rotatable bonds is 1. The average Bonchev–Trinajstić information content (AvgIpc) is 2.25. The van der Waals surface area contributed by atoms with Crippen molar-refractivity contribution in [2.24, 2.45) is 0 Å². The molecule has 16 heavy (non-hydrogen) atoms. The molecule has 3 nitrogen and oxygen atoms in total. The van der Waals surface area contributed by atoms with Gasteiger partial charge in [0.1, 0.15) is 5.75 Å². The van der Waals surface area contributed by atoms with Gasteiger partial charge in [-0.25, -0.2) is 4.79 Å². The number of aryl methyl sites for hydroxylation is 2. The summed E-state index contributed by atoms with van der Waals surface area (Å²) in [7, 11) is 0. The van der Waals surface area contributed by atoms with E-state index in [1.54, 1.807) is 24.3 Å². The van der Waals surface area contributed by atoms with Crippen LogP contribution in [0.5, 0.6) is 5.75 Å². The molecule has 0 aliphatic carbocycles. The Balaban J connectivity index is 2.84. The van der Waals surface area contributed by atoms with Crippen molar-refractivity contribution in [2.45, 2.75) is 13.8 Å². The van der Waals surface area contributed by atoms with E-state index in [-0.39, 0.29) is 11.3 Å². The number of carboxylic acids is 1. The van der Waals surface area contributed by atoms with Gasteiger partial charge >= 0.3 is 5.97 Å². The molecule has 82 valence electrons. The third-order valence-electron chi connectivity index (χ3n) is 2.83. The third-order valence-corrected chi connectivity index (χ3v) is 2.83. The van der Waals surface area contributed by atoms with Gasteiger partial charge in [-0.2, -0.15) is 0 Å². The van der Waals surface area contributed by atoms with Crippen molar-refractivity contribution in [3.63, 3.8) is 0 Å². The van der Waals surface area contributed by atoms with Crippen LogP contribution in [-0.4, -0.2) is 16.2 Å². The first-order chi connectivity index (χ1) is 7.50. The molecule has 0 aliphatic heterocycles. The molecule has 0 aliphatic rings. The van der Waals surface area contributed by atoms with Gasteiger partial charge in [0.15, 0.2) is 0 Å². The maximum atomic E-state index is 10.9. The Labute approximate surface area is 93.0 Å². The number of benzene rings is 2. The fraction of sp³-hybridized carbons (Fsp3) is 0.154. The summed E-state index contributed by atoms with van der Waals surface area (Å²) in [6, 6.07) is 6.58. The molecule has 0 saturated heterocycles. The highest BCUT2D eigenvalue weighted by Gasteiger charge is 2.09. The van der Waals surface area contributed by atoms with Gasteiger partial charge in [-0.3, -0.25) is 0 Å².